The first-order valence-electron chi connectivity index (χ1n) is 9.81. The summed E-state index contributed by atoms with van der Waals surface area (Å²) in [6, 6.07) is 11.4. The van der Waals surface area contributed by atoms with Gasteiger partial charge in [-0.2, -0.15) is 4.31 Å². The van der Waals surface area contributed by atoms with Crippen molar-refractivity contribution in [1.29, 1.82) is 0 Å². The molecule has 1 aliphatic heterocycles. The van der Waals surface area contributed by atoms with Crippen LogP contribution < -0.4 is 10.9 Å². The highest BCUT2D eigenvalue weighted by atomic mass is 35.5. The number of aryl methyl sites for hydroxylation is 2. The SMILES string of the molecule is Cc1ccc(S(=O)(=O)N2CCN(CC(=O)NNC(=O)c3ccc(Cl)cc3)CC2)cc1C. The van der Waals surface area contributed by atoms with E-state index in [1.54, 1.807) is 42.5 Å². The van der Waals surface area contributed by atoms with Crippen molar-refractivity contribution in [3.8, 4) is 0 Å². The zero-order valence-electron chi connectivity index (χ0n) is 17.4. The maximum atomic E-state index is 12.9. The molecule has 8 nitrogen and oxygen atoms in total. The molecule has 0 radical (unpaired) electrons. The number of hydrogen-bond acceptors (Lipinski definition) is 5. The van der Waals surface area contributed by atoms with Gasteiger partial charge in [-0.3, -0.25) is 25.3 Å². The predicted molar refractivity (Wildman–Crippen MR) is 118 cm³/mol. The summed E-state index contributed by atoms with van der Waals surface area (Å²) in [5.74, 6) is -0.831. The lowest BCUT2D eigenvalue weighted by atomic mass is 10.1. The summed E-state index contributed by atoms with van der Waals surface area (Å²) in [7, 11) is -3.57. The van der Waals surface area contributed by atoms with E-state index < -0.39 is 15.9 Å². The minimum absolute atomic E-state index is 0.0540. The van der Waals surface area contributed by atoms with Gasteiger partial charge in [-0.05, 0) is 61.4 Å². The summed E-state index contributed by atoms with van der Waals surface area (Å²) in [4.78, 5) is 26.3. The fourth-order valence-electron chi connectivity index (χ4n) is 3.19. The Morgan fingerprint density at radius 3 is 2.19 bits per heavy atom. The molecule has 0 saturated carbocycles. The standard InChI is InChI=1S/C21H25ClN4O4S/c1-15-3-8-19(13-16(15)2)31(29,30)26-11-9-25(10-12-26)14-20(27)23-24-21(28)17-4-6-18(22)7-5-17/h3-8,13H,9-12,14H2,1-2H3,(H,23,27)(H,24,28). The molecule has 1 fully saturated rings. The minimum Gasteiger partial charge on any atom is -0.292 e. The number of benzene rings is 2. The van der Waals surface area contributed by atoms with Gasteiger partial charge >= 0.3 is 0 Å². The van der Waals surface area contributed by atoms with Crippen LogP contribution >= 0.6 is 11.6 Å². The number of sulfonamides is 1. The minimum atomic E-state index is -3.57. The molecule has 0 bridgehead atoms. The van der Waals surface area contributed by atoms with E-state index in [1.807, 2.05) is 18.7 Å². The third-order valence-electron chi connectivity index (χ3n) is 5.24. The molecule has 2 N–H and O–H groups in total. The Labute approximate surface area is 187 Å². The third-order valence-corrected chi connectivity index (χ3v) is 7.38. The quantitative estimate of drug-likeness (QED) is 0.656. The Morgan fingerprint density at radius 2 is 1.58 bits per heavy atom. The number of hydrazine groups is 1. The number of piperazine rings is 1. The third kappa shape index (κ3) is 5.82. The first-order chi connectivity index (χ1) is 14.7. The van der Waals surface area contributed by atoms with E-state index in [0.717, 1.165) is 11.1 Å². The summed E-state index contributed by atoms with van der Waals surface area (Å²) >= 11 is 5.79. The van der Waals surface area contributed by atoms with Gasteiger partial charge in [-0.15, -0.1) is 0 Å². The highest BCUT2D eigenvalue weighted by Crippen LogP contribution is 2.20. The van der Waals surface area contributed by atoms with Gasteiger partial charge in [0.15, 0.2) is 0 Å². The van der Waals surface area contributed by atoms with Crippen molar-refractivity contribution >= 4 is 33.4 Å². The number of nitrogens with zero attached hydrogens (tertiary/aromatic N) is 2. The first kappa shape index (κ1) is 23.2. The van der Waals surface area contributed by atoms with Crippen LogP contribution in [0.1, 0.15) is 21.5 Å². The van der Waals surface area contributed by atoms with E-state index >= 15 is 0 Å². The molecule has 0 aromatic heterocycles. The largest absolute Gasteiger partial charge is 0.292 e. The van der Waals surface area contributed by atoms with Crippen LogP contribution in [-0.2, 0) is 14.8 Å². The van der Waals surface area contributed by atoms with Crippen LogP contribution in [0.2, 0.25) is 5.02 Å². The van der Waals surface area contributed by atoms with E-state index in [4.69, 9.17) is 11.6 Å². The molecule has 166 valence electrons. The molecule has 0 atom stereocenters. The zero-order chi connectivity index (χ0) is 22.6. The maximum Gasteiger partial charge on any atom is 0.269 e. The molecule has 2 amide bonds. The van der Waals surface area contributed by atoms with Gasteiger partial charge in [0.2, 0.25) is 10.0 Å². The second kappa shape index (κ2) is 9.78. The fourth-order valence-corrected chi connectivity index (χ4v) is 4.83. The Bertz CT molecular complexity index is 1070. The molecular formula is C21H25ClN4O4S. The number of rotatable bonds is 5. The molecule has 1 heterocycles. The smallest absolute Gasteiger partial charge is 0.269 e. The molecule has 2 aromatic rings. The average molecular weight is 465 g/mol. The highest BCUT2D eigenvalue weighted by Gasteiger charge is 2.29. The van der Waals surface area contributed by atoms with Crippen LogP contribution in [0, 0.1) is 13.8 Å². The van der Waals surface area contributed by atoms with E-state index in [2.05, 4.69) is 10.9 Å². The zero-order valence-corrected chi connectivity index (χ0v) is 19.0. The van der Waals surface area contributed by atoms with E-state index in [-0.39, 0.29) is 17.3 Å². The molecule has 0 unspecified atom stereocenters. The van der Waals surface area contributed by atoms with Crippen LogP contribution in [0.3, 0.4) is 0 Å². The van der Waals surface area contributed by atoms with Crippen molar-refractivity contribution in [2.45, 2.75) is 18.7 Å². The van der Waals surface area contributed by atoms with Crippen LogP contribution in [0.15, 0.2) is 47.4 Å². The van der Waals surface area contributed by atoms with Crippen LogP contribution in [0.4, 0.5) is 0 Å². The van der Waals surface area contributed by atoms with Gasteiger partial charge in [0.05, 0.1) is 11.4 Å². The Kier molecular flexibility index (Phi) is 7.32. The topological polar surface area (TPSA) is 98.8 Å². The molecule has 10 heteroatoms. The van der Waals surface area contributed by atoms with Crippen LogP contribution in [-0.4, -0.2) is 62.2 Å². The van der Waals surface area contributed by atoms with Gasteiger partial charge in [0.25, 0.3) is 11.8 Å². The Morgan fingerprint density at radius 1 is 0.935 bits per heavy atom. The average Bonchev–Trinajstić information content (AvgIpc) is 2.75. The first-order valence-corrected chi connectivity index (χ1v) is 11.6. The van der Waals surface area contributed by atoms with Crippen LogP contribution in [0.25, 0.3) is 0 Å². The molecule has 31 heavy (non-hydrogen) atoms. The van der Waals surface area contributed by atoms with Crippen molar-refractivity contribution in [1.82, 2.24) is 20.1 Å². The number of carbonyl (C=O) groups is 2. The maximum absolute atomic E-state index is 12.9. The molecule has 0 aliphatic carbocycles. The fraction of sp³-hybridized carbons (Fsp3) is 0.333. The lowest BCUT2D eigenvalue weighted by molar-refractivity contribution is -0.123. The van der Waals surface area contributed by atoms with Crippen LogP contribution in [0.5, 0.6) is 0 Å². The number of amides is 2. The number of carbonyl (C=O) groups excluding carboxylic acids is 2. The summed E-state index contributed by atoms with van der Waals surface area (Å²) in [5, 5.41) is 0.513. The summed E-state index contributed by atoms with van der Waals surface area (Å²) in [5.41, 5.74) is 7.07. The van der Waals surface area contributed by atoms with Crippen molar-refractivity contribution in [2.75, 3.05) is 32.7 Å². The van der Waals surface area contributed by atoms with E-state index in [9.17, 15) is 18.0 Å². The summed E-state index contributed by atoms with van der Waals surface area (Å²) in [6.45, 7) is 5.30. The molecule has 3 rings (SSSR count). The molecule has 1 aliphatic rings. The second-order valence-electron chi connectivity index (χ2n) is 7.44. The number of halogens is 1. The number of hydrogen-bond donors (Lipinski definition) is 2. The lowest BCUT2D eigenvalue weighted by Crippen LogP contribution is -2.52. The van der Waals surface area contributed by atoms with Gasteiger partial charge in [-0.25, -0.2) is 8.42 Å². The number of nitrogens with one attached hydrogen (secondary N) is 2. The summed E-state index contributed by atoms with van der Waals surface area (Å²) in [6.07, 6.45) is 0. The van der Waals surface area contributed by atoms with Gasteiger partial charge in [0.1, 0.15) is 0 Å². The molecular weight excluding hydrogens is 440 g/mol. The second-order valence-corrected chi connectivity index (χ2v) is 9.81. The normalized spacial score (nSPS) is 15.5. The van der Waals surface area contributed by atoms with Gasteiger partial charge < -0.3 is 0 Å². The molecule has 2 aromatic carbocycles. The lowest BCUT2D eigenvalue weighted by Gasteiger charge is -2.33. The van der Waals surface area contributed by atoms with Crippen molar-refractivity contribution in [3.05, 3.63) is 64.2 Å². The molecule has 0 spiro atoms. The summed E-state index contributed by atoms with van der Waals surface area (Å²) < 4.78 is 27.2. The predicted octanol–water partition coefficient (Wildman–Crippen LogP) is 1.72. The van der Waals surface area contributed by atoms with Crippen molar-refractivity contribution in [2.24, 2.45) is 0 Å². The van der Waals surface area contributed by atoms with E-state index in [0.29, 0.717) is 36.8 Å². The highest BCUT2D eigenvalue weighted by molar-refractivity contribution is 7.89. The van der Waals surface area contributed by atoms with Gasteiger partial charge in [-0.1, -0.05) is 17.7 Å². The van der Waals surface area contributed by atoms with Gasteiger partial charge in [0, 0.05) is 36.8 Å². The van der Waals surface area contributed by atoms with E-state index in [1.165, 1.54) is 4.31 Å². The van der Waals surface area contributed by atoms with Crippen molar-refractivity contribution in [3.63, 3.8) is 0 Å². The molecule has 1 saturated heterocycles. The Balaban J connectivity index is 1.48. The monoisotopic (exact) mass is 464 g/mol. The van der Waals surface area contributed by atoms with Crippen molar-refractivity contribution < 1.29 is 18.0 Å². The Hall–Kier alpha value is -2.46.